The number of morpholine rings is 1. The molecule has 1 unspecified atom stereocenters. The van der Waals surface area contributed by atoms with Crippen molar-refractivity contribution in [1.29, 1.82) is 0 Å². The predicted octanol–water partition coefficient (Wildman–Crippen LogP) is 2.81. The Balaban J connectivity index is 1.57. The Morgan fingerprint density at radius 3 is 2.59 bits per heavy atom. The lowest BCUT2D eigenvalue weighted by atomic mass is 10.1. The number of carbonyl (C=O) groups excluding carboxylic acids is 2. The quantitative estimate of drug-likeness (QED) is 0.251. The summed E-state index contributed by atoms with van der Waals surface area (Å²) < 4.78 is 13.0. The van der Waals surface area contributed by atoms with Crippen molar-refractivity contribution in [3.05, 3.63) is 77.6 Å². The summed E-state index contributed by atoms with van der Waals surface area (Å²) in [6, 6.07) is 14.4. The van der Waals surface area contributed by atoms with Gasteiger partial charge in [-0.1, -0.05) is 23.7 Å². The number of allylic oxidation sites excluding steroid dienone is 2. The molecule has 1 atom stereocenters. The number of amides is 2. The molecule has 0 saturated carbocycles. The zero-order chi connectivity index (χ0) is 23.7. The number of anilines is 1. The minimum absolute atomic E-state index is 0.0345. The molecule has 3 heterocycles. The molecular weight excluding hydrogens is 476 g/mol. The number of hydrogen-bond acceptors (Lipinski definition) is 6. The molecule has 34 heavy (non-hydrogen) atoms. The summed E-state index contributed by atoms with van der Waals surface area (Å²) in [4.78, 5) is 29.8. The standard InChI is InChI=1S/C24H21ClN4O4S/c25-17-5-7-18(8-6-17)29-23(31)20(22(30)26-24(29)34)13-19(15-27-9-11-32-12-10-27)28-14-16-3-1-2-4-21(16)33-28/h1-8,13-15,24H,9-12H2,(H-,26,30,34)/p+1/b19-15-,20-13-. The maximum absolute atomic E-state index is 13.5. The second kappa shape index (κ2) is 9.54. The summed E-state index contributed by atoms with van der Waals surface area (Å²) >= 11 is 10.4. The number of hydrogen-bond donors (Lipinski definition) is 2. The first kappa shape index (κ1) is 22.5. The van der Waals surface area contributed by atoms with E-state index in [4.69, 9.17) is 20.9 Å². The van der Waals surface area contributed by atoms with Crippen LogP contribution < -0.4 is 15.0 Å². The van der Waals surface area contributed by atoms with Gasteiger partial charge in [0.25, 0.3) is 17.5 Å². The van der Waals surface area contributed by atoms with Crippen LogP contribution in [0.4, 0.5) is 5.69 Å². The van der Waals surface area contributed by atoms with Crippen LogP contribution in [0.2, 0.25) is 5.02 Å². The predicted molar refractivity (Wildman–Crippen MR) is 131 cm³/mol. The molecule has 3 aromatic rings. The van der Waals surface area contributed by atoms with Gasteiger partial charge in [0.2, 0.25) is 11.8 Å². The van der Waals surface area contributed by atoms with E-state index in [1.54, 1.807) is 29.0 Å². The number of para-hydroxylation sites is 1. The number of ether oxygens (including phenoxy) is 1. The molecule has 2 saturated heterocycles. The van der Waals surface area contributed by atoms with Crippen molar-refractivity contribution in [2.45, 2.75) is 5.50 Å². The third-order valence-electron chi connectivity index (χ3n) is 5.58. The third-order valence-corrected chi connectivity index (χ3v) is 6.19. The van der Waals surface area contributed by atoms with E-state index in [-0.39, 0.29) is 5.57 Å². The fourth-order valence-corrected chi connectivity index (χ4v) is 4.32. The highest BCUT2D eigenvalue weighted by molar-refractivity contribution is 7.81. The van der Waals surface area contributed by atoms with Gasteiger partial charge < -0.3 is 15.0 Å². The molecule has 1 N–H and O–H groups in total. The van der Waals surface area contributed by atoms with Crippen LogP contribution in [0.25, 0.3) is 16.7 Å². The van der Waals surface area contributed by atoms with Gasteiger partial charge in [-0.05, 0) is 36.4 Å². The molecule has 2 aromatic carbocycles. The van der Waals surface area contributed by atoms with Crippen molar-refractivity contribution in [1.82, 2.24) is 10.2 Å². The van der Waals surface area contributed by atoms with Crippen molar-refractivity contribution in [3.63, 3.8) is 0 Å². The number of thiol groups is 1. The number of halogens is 1. The van der Waals surface area contributed by atoms with Crippen molar-refractivity contribution in [2.75, 3.05) is 31.2 Å². The highest BCUT2D eigenvalue weighted by atomic mass is 35.5. The first-order valence-corrected chi connectivity index (χ1v) is 11.6. The fourth-order valence-electron chi connectivity index (χ4n) is 3.84. The van der Waals surface area contributed by atoms with Gasteiger partial charge in [0.15, 0.2) is 5.50 Å². The highest BCUT2D eigenvalue weighted by Crippen LogP contribution is 2.26. The minimum Gasteiger partial charge on any atom is -0.378 e. The number of benzene rings is 2. The van der Waals surface area contributed by atoms with Gasteiger partial charge in [-0.2, -0.15) is 0 Å². The van der Waals surface area contributed by atoms with Gasteiger partial charge in [0.1, 0.15) is 5.57 Å². The maximum Gasteiger partial charge on any atom is 0.274 e. The number of carbonyl (C=O) groups is 2. The van der Waals surface area contributed by atoms with Crippen LogP contribution in [0.15, 0.2) is 77.1 Å². The number of nitrogens with zero attached hydrogens (tertiary/aromatic N) is 3. The largest absolute Gasteiger partial charge is 0.378 e. The van der Waals surface area contributed by atoms with E-state index in [1.165, 1.54) is 11.0 Å². The lowest BCUT2D eigenvalue weighted by Crippen LogP contribution is -2.56. The third kappa shape index (κ3) is 4.54. The molecular formula is C24H22ClN4O4S+. The van der Waals surface area contributed by atoms with Crippen LogP contribution in [-0.4, -0.2) is 48.5 Å². The monoisotopic (exact) mass is 497 g/mol. The van der Waals surface area contributed by atoms with Crippen LogP contribution >= 0.6 is 24.2 Å². The van der Waals surface area contributed by atoms with Gasteiger partial charge in [-0.3, -0.25) is 14.5 Å². The van der Waals surface area contributed by atoms with E-state index in [2.05, 4.69) is 22.8 Å². The zero-order valence-electron chi connectivity index (χ0n) is 18.1. The van der Waals surface area contributed by atoms with Crippen LogP contribution in [0.3, 0.4) is 0 Å². The van der Waals surface area contributed by atoms with Gasteiger partial charge in [0.05, 0.1) is 24.8 Å². The Bertz CT molecular complexity index is 1260. The molecule has 174 valence electrons. The van der Waals surface area contributed by atoms with E-state index in [9.17, 15) is 9.59 Å². The van der Waals surface area contributed by atoms with Crippen LogP contribution in [0.1, 0.15) is 0 Å². The van der Waals surface area contributed by atoms with Crippen LogP contribution in [-0.2, 0) is 14.3 Å². The molecule has 1 aromatic heterocycles. The van der Waals surface area contributed by atoms with E-state index >= 15 is 0 Å². The highest BCUT2D eigenvalue weighted by Gasteiger charge is 2.37. The maximum atomic E-state index is 13.5. The molecule has 2 aliphatic rings. The van der Waals surface area contributed by atoms with Crippen molar-refractivity contribution < 1.29 is 23.6 Å². The molecule has 2 aliphatic heterocycles. The number of fused-ring (bicyclic) bond motifs is 1. The molecule has 10 heteroatoms. The second-order valence-corrected chi connectivity index (χ2v) is 8.77. The lowest BCUT2D eigenvalue weighted by molar-refractivity contribution is -0.766. The molecule has 8 nitrogen and oxygen atoms in total. The summed E-state index contributed by atoms with van der Waals surface area (Å²) in [5.41, 5.74) is 0.934. The minimum atomic E-state index is -0.816. The fraction of sp³-hybridized carbons (Fsp3) is 0.208. The molecule has 2 amide bonds. The summed E-state index contributed by atoms with van der Waals surface area (Å²) in [6.07, 6.45) is 5.23. The topological polar surface area (TPSA) is 78.9 Å². The number of nitrogens with one attached hydrogen (secondary N) is 1. The zero-order valence-corrected chi connectivity index (χ0v) is 19.7. The smallest absolute Gasteiger partial charge is 0.274 e. The molecule has 5 rings (SSSR count). The van der Waals surface area contributed by atoms with Crippen molar-refractivity contribution in [2.24, 2.45) is 0 Å². The second-order valence-electron chi connectivity index (χ2n) is 7.84. The van der Waals surface area contributed by atoms with E-state index in [0.717, 1.165) is 5.39 Å². The Morgan fingerprint density at radius 1 is 1.12 bits per heavy atom. The summed E-state index contributed by atoms with van der Waals surface area (Å²) in [5, 5.41) is 4.18. The van der Waals surface area contributed by atoms with Gasteiger partial charge >= 0.3 is 0 Å². The Hall–Kier alpha value is -3.27. The van der Waals surface area contributed by atoms with Crippen LogP contribution in [0, 0.1) is 0 Å². The van der Waals surface area contributed by atoms with Crippen molar-refractivity contribution >= 4 is 58.4 Å². The van der Waals surface area contributed by atoms with Gasteiger partial charge in [-0.25, -0.2) is 4.52 Å². The van der Waals surface area contributed by atoms with E-state index < -0.39 is 17.3 Å². The summed E-state index contributed by atoms with van der Waals surface area (Å²) in [6.45, 7) is 2.55. The molecule has 2 fully saturated rings. The van der Waals surface area contributed by atoms with Gasteiger partial charge in [-0.15, -0.1) is 12.6 Å². The SMILES string of the molecule is O=C1NC(S)N(c2ccc(Cl)cc2)C(=O)/C1=C\C(=C\N1CCOCC1)[n+]1cc2ccccc2o1. The van der Waals surface area contributed by atoms with E-state index in [0.29, 0.717) is 48.3 Å². The lowest BCUT2D eigenvalue weighted by Gasteiger charge is -2.34. The average Bonchev–Trinajstić information content (AvgIpc) is 3.27. The first-order valence-electron chi connectivity index (χ1n) is 10.7. The summed E-state index contributed by atoms with van der Waals surface area (Å²) in [7, 11) is 0. The van der Waals surface area contributed by atoms with Crippen LogP contribution in [0.5, 0.6) is 0 Å². The van der Waals surface area contributed by atoms with Crippen molar-refractivity contribution in [3.8, 4) is 0 Å². The molecule has 0 aliphatic carbocycles. The normalized spacial score (nSPS) is 20.8. The summed E-state index contributed by atoms with van der Waals surface area (Å²) in [5.74, 6) is -0.990. The Kier molecular flexibility index (Phi) is 6.32. The van der Waals surface area contributed by atoms with Gasteiger partial charge in [0, 0.05) is 34.6 Å². The van der Waals surface area contributed by atoms with E-state index in [1.807, 2.05) is 36.7 Å². The Labute approximate surface area is 206 Å². The molecule has 0 radical (unpaired) electrons. The molecule has 0 bridgehead atoms. The number of aromatic nitrogens is 1. The number of rotatable bonds is 4. The molecule has 0 spiro atoms. The average molecular weight is 498 g/mol. The first-order chi connectivity index (χ1) is 16.5. The Morgan fingerprint density at radius 2 is 1.85 bits per heavy atom.